The van der Waals surface area contributed by atoms with Crippen LogP contribution in [-0.4, -0.2) is 25.6 Å². The van der Waals surface area contributed by atoms with Gasteiger partial charge in [-0.3, -0.25) is 4.79 Å². The van der Waals surface area contributed by atoms with Gasteiger partial charge in [-0.1, -0.05) is 0 Å². The number of rotatable bonds is 4. The fraction of sp³-hybridized carbons (Fsp3) is 0.333. The molecule has 5 nitrogen and oxygen atoms in total. The number of methoxy groups -OCH3 is 1. The highest BCUT2D eigenvalue weighted by Gasteiger charge is 2.25. The van der Waals surface area contributed by atoms with E-state index in [2.05, 4.69) is 11.4 Å². The molecule has 0 spiro atoms. The molecular weight excluding hydrogens is 322 g/mol. The summed E-state index contributed by atoms with van der Waals surface area (Å²) in [5.41, 5.74) is 1.75. The Morgan fingerprint density at radius 3 is 3.00 bits per heavy atom. The summed E-state index contributed by atoms with van der Waals surface area (Å²) in [6.45, 7) is 0.632. The van der Waals surface area contributed by atoms with Crippen LogP contribution in [0, 0.1) is 0 Å². The second kappa shape index (κ2) is 6.60. The maximum Gasteiger partial charge on any atom is 0.350 e. The molecule has 0 aromatic carbocycles. The third-order valence-corrected chi connectivity index (χ3v) is 5.39. The van der Waals surface area contributed by atoms with Crippen molar-refractivity contribution in [3.05, 3.63) is 38.2 Å². The minimum absolute atomic E-state index is 0.171. The molecule has 1 aliphatic heterocycles. The van der Waals surface area contributed by atoms with Crippen LogP contribution in [0.1, 0.15) is 32.6 Å². The Balaban J connectivity index is 1.67. The number of amides is 1. The fourth-order valence-corrected chi connectivity index (χ4v) is 4.17. The van der Waals surface area contributed by atoms with Gasteiger partial charge in [0, 0.05) is 4.88 Å². The molecule has 1 atom stereocenters. The predicted octanol–water partition coefficient (Wildman–Crippen LogP) is 3.24. The van der Waals surface area contributed by atoms with Crippen LogP contribution in [0.5, 0.6) is 0 Å². The van der Waals surface area contributed by atoms with Gasteiger partial charge in [0.1, 0.15) is 11.0 Å². The highest BCUT2D eigenvalue weighted by molar-refractivity contribution is 7.12. The molecule has 2 aromatic rings. The normalized spacial score (nSPS) is 16.9. The van der Waals surface area contributed by atoms with Crippen LogP contribution in [0.25, 0.3) is 0 Å². The van der Waals surface area contributed by atoms with Crippen LogP contribution in [0.2, 0.25) is 0 Å². The Morgan fingerprint density at radius 1 is 1.36 bits per heavy atom. The molecule has 0 saturated heterocycles. The van der Waals surface area contributed by atoms with Gasteiger partial charge in [0.15, 0.2) is 0 Å². The summed E-state index contributed by atoms with van der Waals surface area (Å²) in [4.78, 5) is 25.4. The predicted molar refractivity (Wildman–Crippen MR) is 85.6 cm³/mol. The van der Waals surface area contributed by atoms with E-state index in [1.54, 1.807) is 22.8 Å². The number of hydrogen-bond acceptors (Lipinski definition) is 6. The van der Waals surface area contributed by atoms with Crippen molar-refractivity contribution in [2.75, 3.05) is 19.0 Å². The van der Waals surface area contributed by atoms with Crippen molar-refractivity contribution in [3.63, 3.8) is 0 Å². The van der Waals surface area contributed by atoms with E-state index in [1.165, 1.54) is 24.0 Å². The number of esters is 1. The Labute approximate surface area is 135 Å². The zero-order valence-corrected chi connectivity index (χ0v) is 13.6. The molecule has 0 unspecified atom stereocenters. The maximum absolute atomic E-state index is 12.2. The van der Waals surface area contributed by atoms with Crippen LogP contribution in [-0.2, 0) is 20.7 Å². The first-order valence-electron chi connectivity index (χ1n) is 6.82. The number of hydrogen-bond donors (Lipinski definition) is 1. The number of thiophene rings is 2. The smallest absolute Gasteiger partial charge is 0.350 e. The zero-order valence-electron chi connectivity index (χ0n) is 12.0. The van der Waals surface area contributed by atoms with Crippen molar-refractivity contribution >= 4 is 40.2 Å². The van der Waals surface area contributed by atoms with Crippen molar-refractivity contribution in [3.8, 4) is 0 Å². The van der Waals surface area contributed by atoms with E-state index < -0.39 is 5.97 Å². The van der Waals surface area contributed by atoms with E-state index in [0.717, 1.165) is 11.3 Å². The van der Waals surface area contributed by atoms with Crippen molar-refractivity contribution in [2.24, 2.45) is 0 Å². The molecule has 0 saturated carbocycles. The largest absolute Gasteiger partial charge is 0.465 e. The lowest BCUT2D eigenvalue weighted by Crippen LogP contribution is -2.21. The SMILES string of the molecule is COC(=O)c1sccc1NC(=O)C[C@H]1OCCc2ccsc21. The van der Waals surface area contributed by atoms with Crippen molar-refractivity contribution in [1.29, 1.82) is 0 Å². The summed E-state index contributed by atoms with van der Waals surface area (Å²) in [5.74, 6) is -0.616. The summed E-state index contributed by atoms with van der Waals surface area (Å²) in [6.07, 6.45) is 0.932. The monoisotopic (exact) mass is 337 g/mol. The molecule has 0 fully saturated rings. The maximum atomic E-state index is 12.2. The highest BCUT2D eigenvalue weighted by Crippen LogP contribution is 2.34. The fourth-order valence-electron chi connectivity index (χ4n) is 2.40. The van der Waals surface area contributed by atoms with Gasteiger partial charge in [0.05, 0.1) is 25.8 Å². The molecule has 1 amide bonds. The highest BCUT2D eigenvalue weighted by atomic mass is 32.1. The van der Waals surface area contributed by atoms with Crippen LogP contribution < -0.4 is 5.32 Å². The van der Waals surface area contributed by atoms with Crippen LogP contribution in [0.3, 0.4) is 0 Å². The second-order valence-electron chi connectivity index (χ2n) is 4.83. The lowest BCUT2D eigenvalue weighted by Gasteiger charge is -2.22. The summed E-state index contributed by atoms with van der Waals surface area (Å²) >= 11 is 2.86. The minimum atomic E-state index is -0.445. The molecular formula is C15H15NO4S2. The topological polar surface area (TPSA) is 64.6 Å². The van der Waals surface area contributed by atoms with E-state index in [9.17, 15) is 9.59 Å². The zero-order chi connectivity index (χ0) is 15.5. The molecule has 2 aromatic heterocycles. The summed E-state index contributed by atoms with van der Waals surface area (Å²) < 4.78 is 10.4. The van der Waals surface area contributed by atoms with E-state index >= 15 is 0 Å². The van der Waals surface area contributed by atoms with Gasteiger partial charge >= 0.3 is 5.97 Å². The van der Waals surface area contributed by atoms with E-state index in [0.29, 0.717) is 17.2 Å². The molecule has 1 aliphatic rings. The number of fused-ring (bicyclic) bond motifs is 1. The average Bonchev–Trinajstić information content (AvgIpc) is 3.15. The molecule has 3 heterocycles. The first-order chi connectivity index (χ1) is 10.7. The van der Waals surface area contributed by atoms with Crippen LogP contribution in [0.4, 0.5) is 5.69 Å². The van der Waals surface area contributed by atoms with Crippen molar-refractivity contribution in [2.45, 2.75) is 18.9 Å². The van der Waals surface area contributed by atoms with Gasteiger partial charge in [-0.2, -0.15) is 0 Å². The quantitative estimate of drug-likeness (QED) is 0.870. The summed E-state index contributed by atoms with van der Waals surface area (Å²) in [5, 5.41) is 6.54. The first kappa shape index (κ1) is 15.2. The van der Waals surface area contributed by atoms with E-state index in [4.69, 9.17) is 9.47 Å². The summed E-state index contributed by atoms with van der Waals surface area (Å²) in [6, 6.07) is 3.79. The first-order valence-corrected chi connectivity index (χ1v) is 8.58. The van der Waals surface area contributed by atoms with Gasteiger partial charge in [0.2, 0.25) is 5.91 Å². The number of anilines is 1. The van der Waals surface area contributed by atoms with Gasteiger partial charge in [0.25, 0.3) is 0 Å². The summed E-state index contributed by atoms with van der Waals surface area (Å²) in [7, 11) is 1.32. The number of nitrogens with one attached hydrogen (secondary N) is 1. The third-order valence-electron chi connectivity index (χ3n) is 3.44. The molecule has 7 heteroatoms. The van der Waals surface area contributed by atoms with Crippen LogP contribution >= 0.6 is 22.7 Å². The number of carbonyl (C=O) groups is 2. The minimum Gasteiger partial charge on any atom is -0.465 e. The van der Waals surface area contributed by atoms with Crippen LogP contribution in [0.15, 0.2) is 22.9 Å². The van der Waals surface area contributed by atoms with Gasteiger partial charge in [-0.15, -0.1) is 22.7 Å². The van der Waals surface area contributed by atoms with Gasteiger partial charge < -0.3 is 14.8 Å². The molecule has 0 radical (unpaired) electrons. The molecule has 0 aliphatic carbocycles. The Bertz CT molecular complexity index is 691. The Kier molecular flexibility index (Phi) is 4.56. The third kappa shape index (κ3) is 3.06. The molecule has 116 valence electrons. The number of carbonyl (C=O) groups excluding carboxylic acids is 2. The molecule has 0 bridgehead atoms. The van der Waals surface area contributed by atoms with Gasteiger partial charge in [-0.25, -0.2) is 4.79 Å². The number of ether oxygens (including phenoxy) is 2. The lowest BCUT2D eigenvalue weighted by molar-refractivity contribution is -0.119. The van der Waals surface area contributed by atoms with Crippen molar-refractivity contribution < 1.29 is 19.1 Å². The standard InChI is InChI=1S/C15H15NO4S2/c1-19-15(18)14-10(4-7-22-14)16-12(17)8-11-13-9(2-5-20-11)3-6-21-13/h3-4,6-7,11H,2,5,8H2,1H3,(H,16,17)/t11-/m1/s1. The Morgan fingerprint density at radius 2 is 2.18 bits per heavy atom. The van der Waals surface area contributed by atoms with Crippen molar-refractivity contribution in [1.82, 2.24) is 0 Å². The second-order valence-corrected chi connectivity index (χ2v) is 6.69. The Hall–Kier alpha value is -1.70. The molecule has 3 rings (SSSR count). The molecule has 1 N–H and O–H groups in total. The average molecular weight is 337 g/mol. The van der Waals surface area contributed by atoms with E-state index in [1.807, 2.05) is 5.38 Å². The van der Waals surface area contributed by atoms with E-state index in [-0.39, 0.29) is 18.4 Å². The molecule has 22 heavy (non-hydrogen) atoms. The lowest BCUT2D eigenvalue weighted by atomic mass is 10.1. The van der Waals surface area contributed by atoms with Gasteiger partial charge in [-0.05, 0) is 34.9 Å².